The van der Waals surface area contributed by atoms with Crippen LogP contribution in [0.1, 0.15) is 17.4 Å². The smallest absolute Gasteiger partial charge is 0.257 e. The molecular formula is C16H19N7OS. The fraction of sp³-hybridized carbons (Fsp3) is 0.375. The van der Waals surface area contributed by atoms with Gasteiger partial charge < -0.3 is 9.84 Å². The molecule has 1 saturated heterocycles. The van der Waals surface area contributed by atoms with Gasteiger partial charge in [0.15, 0.2) is 11.0 Å². The van der Waals surface area contributed by atoms with E-state index in [4.69, 9.17) is 4.52 Å². The molecule has 1 fully saturated rings. The average molecular weight is 357 g/mol. The Labute approximate surface area is 149 Å². The number of H-pyrrole nitrogens is 1. The summed E-state index contributed by atoms with van der Waals surface area (Å²) in [6, 6.07) is 8.31. The molecular weight excluding hydrogens is 338 g/mol. The van der Waals surface area contributed by atoms with Crippen LogP contribution in [0.4, 0.5) is 0 Å². The molecule has 0 aliphatic carbocycles. The van der Waals surface area contributed by atoms with Crippen LogP contribution in [-0.4, -0.2) is 56.9 Å². The topological polar surface area (TPSA) is 95.8 Å². The summed E-state index contributed by atoms with van der Waals surface area (Å²) in [7, 11) is 2.09. The number of aromatic amines is 1. The maximum Gasteiger partial charge on any atom is 0.257 e. The van der Waals surface area contributed by atoms with Crippen LogP contribution in [0.2, 0.25) is 0 Å². The second kappa shape index (κ2) is 7.34. The number of nitrogens with zero attached hydrogens (tertiary/aromatic N) is 5. The molecule has 25 heavy (non-hydrogen) atoms. The first kappa shape index (κ1) is 16.2. The molecule has 2 aromatic heterocycles. The largest absolute Gasteiger partial charge is 0.334 e. The van der Waals surface area contributed by atoms with Gasteiger partial charge in [-0.1, -0.05) is 29.1 Å². The van der Waals surface area contributed by atoms with Crippen LogP contribution in [0.25, 0.3) is 11.5 Å². The van der Waals surface area contributed by atoms with Crippen LogP contribution < -0.4 is 5.32 Å². The standard InChI is InChI=1S/C16H19N7OS/c1-23-7-6-17-8-13(23)14-20-15(24-22-14)12-4-2-11(3-5-12)9-25-16-18-10-19-21-16/h2-5,10,13,17H,6-9H2,1H3,(H,18,19,21). The summed E-state index contributed by atoms with van der Waals surface area (Å²) in [5, 5.41) is 15.0. The highest BCUT2D eigenvalue weighted by Crippen LogP contribution is 2.24. The molecule has 0 saturated carbocycles. The molecule has 1 unspecified atom stereocenters. The monoisotopic (exact) mass is 357 g/mol. The molecule has 0 radical (unpaired) electrons. The first-order valence-electron chi connectivity index (χ1n) is 8.11. The highest BCUT2D eigenvalue weighted by atomic mass is 32.2. The molecule has 0 spiro atoms. The van der Waals surface area contributed by atoms with Crippen LogP contribution in [-0.2, 0) is 5.75 Å². The summed E-state index contributed by atoms with van der Waals surface area (Å²) in [6.07, 6.45) is 1.51. The lowest BCUT2D eigenvalue weighted by Gasteiger charge is -2.30. The summed E-state index contributed by atoms with van der Waals surface area (Å²) in [6.45, 7) is 2.81. The maximum atomic E-state index is 5.47. The molecule has 3 heterocycles. The van der Waals surface area contributed by atoms with Gasteiger partial charge >= 0.3 is 0 Å². The van der Waals surface area contributed by atoms with E-state index in [1.165, 1.54) is 11.9 Å². The third-order valence-electron chi connectivity index (χ3n) is 4.22. The molecule has 1 aliphatic heterocycles. The summed E-state index contributed by atoms with van der Waals surface area (Å²) in [4.78, 5) is 10.9. The van der Waals surface area contributed by atoms with Crippen molar-refractivity contribution in [3.05, 3.63) is 42.0 Å². The van der Waals surface area contributed by atoms with Crippen molar-refractivity contribution in [2.75, 3.05) is 26.7 Å². The van der Waals surface area contributed by atoms with E-state index in [9.17, 15) is 0 Å². The third-order valence-corrected chi connectivity index (χ3v) is 5.17. The Morgan fingerprint density at radius 1 is 1.32 bits per heavy atom. The van der Waals surface area contributed by atoms with Crippen molar-refractivity contribution in [2.45, 2.75) is 17.0 Å². The van der Waals surface area contributed by atoms with Gasteiger partial charge in [-0.05, 0) is 24.7 Å². The first-order valence-corrected chi connectivity index (χ1v) is 9.10. The van der Waals surface area contributed by atoms with E-state index >= 15 is 0 Å². The number of hydrogen-bond acceptors (Lipinski definition) is 8. The Hall–Kier alpha value is -2.23. The Kier molecular flexibility index (Phi) is 4.77. The van der Waals surface area contributed by atoms with Crippen molar-refractivity contribution in [1.82, 2.24) is 35.5 Å². The van der Waals surface area contributed by atoms with Gasteiger partial charge in [0, 0.05) is 31.0 Å². The Bertz CT molecular complexity index is 802. The van der Waals surface area contributed by atoms with E-state index in [2.05, 4.69) is 54.7 Å². The van der Waals surface area contributed by atoms with Crippen molar-refractivity contribution in [3.8, 4) is 11.5 Å². The Morgan fingerprint density at radius 3 is 2.96 bits per heavy atom. The number of likely N-dealkylation sites (N-methyl/N-ethyl adjacent to an activating group) is 1. The molecule has 0 bridgehead atoms. The minimum absolute atomic E-state index is 0.156. The Morgan fingerprint density at radius 2 is 2.20 bits per heavy atom. The van der Waals surface area contributed by atoms with Gasteiger partial charge in [-0.25, -0.2) is 4.98 Å². The average Bonchev–Trinajstić information content (AvgIpc) is 3.33. The number of thioether (sulfide) groups is 1. The fourth-order valence-electron chi connectivity index (χ4n) is 2.74. The molecule has 1 aromatic carbocycles. The second-order valence-electron chi connectivity index (χ2n) is 5.93. The molecule has 0 amide bonds. The normalized spacial score (nSPS) is 18.5. The lowest BCUT2D eigenvalue weighted by Crippen LogP contribution is -2.44. The number of benzene rings is 1. The van der Waals surface area contributed by atoms with E-state index in [0.717, 1.165) is 41.9 Å². The first-order chi connectivity index (χ1) is 12.3. The van der Waals surface area contributed by atoms with Crippen LogP contribution in [0.15, 0.2) is 40.3 Å². The van der Waals surface area contributed by atoms with Crippen LogP contribution in [0, 0.1) is 0 Å². The van der Waals surface area contributed by atoms with Crippen molar-refractivity contribution in [2.24, 2.45) is 0 Å². The van der Waals surface area contributed by atoms with Crippen LogP contribution >= 0.6 is 11.8 Å². The predicted octanol–water partition coefficient (Wildman–Crippen LogP) is 1.72. The minimum atomic E-state index is 0.156. The molecule has 9 heteroatoms. The Balaban J connectivity index is 1.43. The third kappa shape index (κ3) is 3.73. The molecule has 8 nitrogen and oxygen atoms in total. The van der Waals surface area contributed by atoms with E-state index in [0.29, 0.717) is 5.89 Å². The fourth-order valence-corrected chi connectivity index (χ4v) is 3.48. The number of aromatic nitrogens is 5. The number of rotatable bonds is 5. The SMILES string of the molecule is CN1CCNCC1c1noc(-c2ccc(CSc3ncn[nH]3)cc2)n1. The summed E-state index contributed by atoms with van der Waals surface area (Å²) in [5.74, 6) is 2.11. The zero-order valence-electron chi connectivity index (χ0n) is 13.8. The molecule has 130 valence electrons. The van der Waals surface area contributed by atoms with E-state index in [-0.39, 0.29) is 6.04 Å². The zero-order chi connectivity index (χ0) is 17.1. The van der Waals surface area contributed by atoms with Crippen LogP contribution in [0.3, 0.4) is 0 Å². The highest BCUT2D eigenvalue weighted by Gasteiger charge is 2.25. The summed E-state index contributed by atoms with van der Waals surface area (Å²) < 4.78 is 5.47. The van der Waals surface area contributed by atoms with Crippen molar-refractivity contribution in [1.29, 1.82) is 0 Å². The summed E-state index contributed by atoms with van der Waals surface area (Å²) in [5.41, 5.74) is 2.12. The highest BCUT2D eigenvalue weighted by molar-refractivity contribution is 7.98. The van der Waals surface area contributed by atoms with Gasteiger partial charge in [0.2, 0.25) is 0 Å². The second-order valence-corrected chi connectivity index (χ2v) is 6.90. The number of piperazine rings is 1. The van der Waals surface area contributed by atoms with E-state index in [1.807, 2.05) is 12.1 Å². The zero-order valence-corrected chi connectivity index (χ0v) is 14.7. The van der Waals surface area contributed by atoms with Gasteiger partial charge in [0.1, 0.15) is 6.33 Å². The number of nitrogens with one attached hydrogen (secondary N) is 2. The lowest BCUT2D eigenvalue weighted by atomic mass is 10.1. The van der Waals surface area contributed by atoms with Gasteiger partial charge in [0.25, 0.3) is 5.89 Å². The molecule has 4 rings (SSSR count). The van der Waals surface area contributed by atoms with E-state index < -0.39 is 0 Å². The van der Waals surface area contributed by atoms with Gasteiger partial charge in [-0.2, -0.15) is 10.1 Å². The quantitative estimate of drug-likeness (QED) is 0.667. The molecule has 1 aliphatic rings. The predicted molar refractivity (Wildman–Crippen MR) is 93.9 cm³/mol. The van der Waals surface area contributed by atoms with Crippen molar-refractivity contribution >= 4 is 11.8 Å². The van der Waals surface area contributed by atoms with Gasteiger partial charge in [-0.15, -0.1) is 0 Å². The molecule has 3 aromatic rings. The lowest BCUT2D eigenvalue weighted by molar-refractivity contribution is 0.190. The van der Waals surface area contributed by atoms with Gasteiger partial charge in [0.05, 0.1) is 6.04 Å². The minimum Gasteiger partial charge on any atom is -0.334 e. The summed E-state index contributed by atoms with van der Waals surface area (Å²) >= 11 is 1.61. The molecule has 1 atom stereocenters. The maximum absolute atomic E-state index is 5.47. The van der Waals surface area contributed by atoms with Gasteiger partial charge in [-0.3, -0.25) is 10.00 Å². The molecule has 2 N–H and O–H groups in total. The van der Waals surface area contributed by atoms with Crippen molar-refractivity contribution in [3.63, 3.8) is 0 Å². The van der Waals surface area contributed by atoms with Crippen molar-refractivity contribution < 1.29 is 4.52 Å². The van der Waals surface area contributed by atoms with E-state index in [1.54, 1.807) is 11.8 Å². The number of hydrogen-bond donors (Lipinski definition) is 2. The van der Waals surface area contributed by atoms with Crippen LogP contribution in [0.5, 0.6) is 0 Å².